The minimum atomic E-state index is -0.590. The van der Waals surface area contributed by atoms with Crippen molar-refractivity contribution in [3.8, 4) is 22.8 Å². The number of rotatable bonds is 7. The number of ether oxygens (including phenoxy) is 1. The van der Waals surface area contributed by atoms with Crippen LogP contribution in [0, 0.1) is 10.1 Å². The first-order valence-corrected chi connectivity index (χ1v) is 10.5. The number of halogens is 1. The highest BCUT2D eigenvalue weighted by atomic mass is 35.5. The predicted molar refractivity (Wildman–Crippen MR) is 123 cm³/mol. The summed E-state index contributed by atoms with van der Waals surface area (Å²) in [6.07, 6.45) is 1.60. The van der Waals surface area contributed by atoms with Crippen LogP contribution in [0.15, 0.2) is 60.1 Å². The normalized spacial score (nSPS) is 10.6. The number of aromatic nitrogens is 2. The van der Waals surface area contributed by atoms with Crippen LogP contribution < -0.4 is 15.8 Å². The second-order valence-electron chi connectivity index (χ2n) is 6.65. The molecule has 0 atom stereocenters. The lowest BCUT2D eigenvalue weighted by Crippen LogP contribution is -2.11. The number of amides is 2. The number of aromatic amines is 1. The molecule has 166 valence electrons. The molecule has 0 aliphatic rings. The molecule has 0 aliphatic heterocycles. The van der Waals surface area contributed by atoms with Crippen LogP contribution in [-0.4, -0.2) is 26.7 Å². The molecule has 0 saturated heterocycles. The number of hydrogen-bond acceptors (Lipinski definition) is 7. The summed E-state index contributed by atoms with van der Waals surface area (Å²) in [6, 6.07) is 11.7. The highest BCUT2D eigenvalue weighted by molar-refractivity contribution is 7.14. The summed E-state index contributed by atoms with van der Waals surface area (Å²) in [6.45, 7) is 0. The Morgan fingerprint density at radius 3 is 2.61 bits per heavy atom. The summed E-state index contributed by atoms with van der Waals surface area (Å²) in [5.74, 6) is -0.637. The topological polar surface area (TPSA) is 153 Å². The molecule has 0 spiro atoms. The fourth-order valence-electron chi connectivity index (χ4n) is 2.84. The van der Waals surface area contributed by atoms with Crippen LogP contribution in [0.2, 0.25) is 5.02 Å². The van der Waals surface area contributed by atoms with Gasteiger partial charge in [0, 0.05) is 33.8 Å². The first kappa shape index (κ1) is 22.0. The Morgan fingerprint density at radius 2 is 1.94 bits per heavy atom. The standard InChI is InChI=1S/C21H14ClN5O5S/c22-13-3-6-18(17(8-13)27(30)31)32-14-4-1-11(2-5-14)20(29)26-21-25-16(10-33-21)12-7-15(19(23)28)24-9-12/h1-10,24H,(H2,23,28)(H,25,26,29). The molecular weight excluding hydrogens is 470 g/mol. The van der Waals surface area contributed by atoms with Crippen molar-refractivity contribution in [2.75, 3.05) is 5.32 Å². The Bertz CT molecular complexity index is 1370. The van der Waals surface area contributed by atoms with Crippen LogP contribution in [0.25, 0.3) is 11.3 Å². The molecule has 2 aromatic carbocycles. The first-order valence-electron chi connectivity index (χ1n) is 9.27. The van der Waals surface area contributed by atoms with Crippen LogP contribution in [0.4, 0.5) is 10.8 Å². The van der Waals surface area contributed by atoms with E-state index in [-0.39, 0.29) is 22.2 Å². The third-order valence-electron chi connectivity index (χ3n) is 4.43. The number of nitrogens with zero attached hydrogens (tertiary/aromatic N) is 2. The van der Waals surface area contributed by atoms with Crippen molar-refractivity contribution in [3.05, 3.63) is 86.5 Å². The average molecular weight is 484 g/mol. The molecule has 0 unspecified atom stereocenters. The number of anilines is 1. The van der Waals surface area contributed by atoms with Crippen molar-refractivity contribution in [2.24, 2.45) is 5.73 Å². The van der Waals surface area contributed by atoms with Gasteiger partial charge in [0.1, 0.15) is 11.4 Å². The molecule has 2 amide bonds. The van der Waals surface area contributed by atoms with E-state index in [9.17, 15) is 19.7 Å². The molecule has 0 fully saturated rings. The van der Waals surface area contributed by atoms with Crippen molar-refractivity contribution in [1.29, 1.82) is 0 Å². The Hall–Kier alpha value is -4.22. The van der Waals surface area contributed by atoms with Gasteiger partial charge in [-0.1, -0.05) is 11.6 Å². The molecule has 0 saturated carbocycles. The molecular formula is C21H14ClN5O5S. The van der Waals surface area contributed by atoms with E-state index in [4.69, 9.17) is 22.1 Å². The second kappa shape index (κ2) is 9.10. The zero-order valence-corrected chi connectivity index (χ0v) is 18.1. The van der Waals surface area contributed by atoms with Gasteiger partial charge < -0.3 is 15.5 Å². The van der Waals surface area contributed by atoms with Crippen LogP contribution in [-0.2, 0) is 0 Å². The van der Waals surface area contributed by atoms with Gasteiger partial charge >= 0.3 is 5.69 Å². The van der Waals surface area contributed by atoms with Gasteiger partial charge in [-0.3, -0.25) is 25.0 Å². The summed E-state index contributed by atoms with van der Waals surface area (Å²) < 4.78 is 5.57. The molecule has 4 rings (SSSR count). The summed E-state index contributed by atoms with van der Waals surface area (Å²) in [5, 5.41) is 16.2. The number of nitro groups is 1. The highest BCUT2D eigenvalue weighted by Gasteiger charge is 2.17. The van der Waals surface area contributed by atoms with Crippen molar-refractivity contribution >= 4 is 45.6 Å². The average Bonchev–Trinajstić information content (AvgIpc) is 3.45. The fourth-order valence-corrected chi connectivity index (χ4v) is 3.72. The maximum absolute atomic E-state index is 12.5. The SMILES string of the molecule is NC(=O)c1cc(-c2csc(NC(=O)c3ccc(Oc4ccc(Cl)cc4[N+](=O)[O-])cc3)n2)c[nH]1. The molecule has 2 heterocycles. The number of nitro benzene ring substituents is 1. The number of nitrogens with two attached hydrogens (primary N) is 1. The Balaban J connectivity index is 1.43. The summed E-state index contributed by atoms with van der Waals surface area (Å²) in [4.78, 5) is 41.5. The van der Waals surface area contributed by atoms with Crippen molar-refractivity contribution < 1.29 is 19.2 Å². The Labute approximate surface area is 195 Å². The van der Waals surface area contributed by atoms with Crippen molar-refractivity contribution in [2.45, 2.75) is 0 Å². The van der Waals surface area contributed by atoms with Gasteiger partial charge in [-0.15, -0.1) is 11.3 Å². The van der Waals surface area contributed by atoms with Gasteiger partial charge in [-0.2, -0.15) is 0 Å². The van der Waals surface area contributed by atoms with Gasteiger partial charge in [0.25, 0.3) is 11.8 Å². The van der Waals surface area contributed by atoms with E-state index in [0.717, 1.165) is 0 Å². The van der Waals surface area contributed by atoms with Crippen LogP contribution >= 0.6 is 22.9 Å². The van der Waals surface area contributed by atoms with Gasteiger partial charge in [-0.25, -0.2) is 4.98 Å². The molecule has 4 N–H and O–H groups in total. The van der Waals surface area contributed by atoms with E-state index < -0.39 is 16.7 Å². The number of carbonyl (C=O) groups is 2. The minimum absolute atomic E-state index is 0.0289. The quantitative estimate of drug-likeness (QED) is 0.252. The minimum Gasteiger partial charge on any atom is -0.450 e. The predicted octanol–water partition coefficient (Wildman–Crippen LogP) is 4.84. The lowest BCUT2D eigenvalue weighted by atomic mass is 10.2. The highest BCUT2D eigenvalue weighted by Crippen LogP contribution is 2.33. The van der Waals surface area contributed by atoms with Crippen LogP contribution in [0.5, 0.6) is 11.5 Å². The number of primary amides is 1. The third-order valence-corrected chi connectivity index (χ3v) is 5.42. The molecule has 0 radical (unpaired) electrons. The number of benzene rings is 2. The summed E-state index contributed by atoms with van der Waals surface area (Å²) in [7, 11) is 0. The molecule has 33 heavy (non-hydrogen) atoms. The molecule has 12 heteroatoms. The number of nitrogens with one attached hydrogen (secondary N) is 2. The van der Waals surface area contributed by atoms with Crippen LogP contribution in [0.3, 0.4) is 0 Å². The zero-order chi connectivity index (χ0) is 23.5. The zero-order valence-electron chi connectivity index (χ0n) is 16.6. The fraction of sp³-hybridized carbons (Fsp3) is 0. The van der Waals surface area contributed by atoms with Gasteiger partial charge in [-0.05, 0) is 42.5 Å². The van der Waals surface area contributed by atoms with Gasteiger partial charge in [0.2, 0.25) is 5.75 Å². The summed E-state index contributed by atoms with van der Waals surface area (Å²) >= 11 is 7.03. The number of H-pyrrole nitrogens is 1. The molecule has 4 aromatic rings. The van der Waals surface area contributed by atoms with Gasteiger partial charge in [0.15, 0.2) is 5.13 Å². The van der Waals surface area contributed by atoms with E-state index in [0.29, 0.717) is 27.7 Å². The largest absolute Gasteiger partial charge is 0.450 e. The smallest absolute Gasteiger partial charge is 0.313 e. The Morgan fingerprint density at radius 1 is 1.18 bits per heavy atom. The number of thiazole rings is 1. The third kappa shape index (κ3) is 5.00. The van der Waals surface area contributed by atoms with Gasteiger partial charge in [0.05, 0.1) is 10.6 Å². The maximum Gasteiger partial charge on any atom is 0.313 e. The van der Waals surface area contributed by atoms with Crippen molar-refractivity contribution in [3.63, 3.8) is 0 Å². The van der Waals surface area contributed by atoms with E-state index in [2.05, 4.69) is 15.3 Å². The van der Waals surface area contributed by atoms with E-state index in [1.54, 1.807) is 17.6 Å². The van der Waals surface area contributed by atoms with Crippen LogP contribution in [0.1, 0.15) is 20.8 Å². The Kier molecular flexibility index (Phi) is 6.07. The van der Waals surface area contributed by atoms with E-state index >= 15 is 0 Å². The second-order valence-corrected chi connectivity index (χ2v) is 7.95. The van der Waals surface area contributed by atoms with Crippen molar-refractivity contribution in [1.82, 2.24) is 9.97 Å². The monoisotopic (exact) mass is 483 g/mol. The summed E-state index contributed by atoms with van der Waals surface area (Å²) in [5.41, 5.74) is 6.80. The van der Waals surface area contributed by atoms with E-state index in [1.807, 2.05) is 0 Å². The lowest BCUT2D eigenvalue weighted by Gasteiger charge is -2.07. The number of hydrogen-bond donors (Lipinski definition) is 3. The molecule has 0 aliphatic carbocycles. The molecule has 10 nitrogen and oxygen atoms in total. The number of carbonyl (C=O) groups excluding carboxylic acids is 2. The maximum atomic E-state index is 12.5. The van der Waals surface area contributed by atoms with E-state index in [1.165, 1.54) is 53.8 Å². The lowest BCUT2D eigenvalue weighted by molar-refractivity contribution is -0.385. The molecule has 2 aromatic heterocycles. The molecule has 0 bridgehead atoms. The first-order chi connectivity index (χ1) is 15.8.